The number of rotatable bonds is 7. The zero-order chi connectivity index (χ0) is 16.6. The van der Waals surface area contributed by atoms with Crippen LogP contribution in [0.15, 0.2) is 53.2 Å². The molecule has 0 spiro atoms. The topological polar surface area (TPSA) is 48.6 Å². The van der Waals surface area contributed by atoms with Crippen LogP contribution in [0.3, 0.4) is 0 Å². The fraction of sp³-hybridized carbons (Fsp3) is 0.400. The van der Waals surface area contributed by atoms with Crippen LogP contribution in [0.4, 0.5) is 5.69 Å². The van der Waals surface area contributed by atoms with Gasteiger partial charge in [0.25, 0.3) is 0 Å². The first kappa shape index (κ1) is 16.8. The van der Waals surface area contributed by atoms with Crippen LogP contribution in [0.5, 0.6) is 0 Å². The van der Waals surface area contributed by atoms with Crippen molar-refractivity contribution in [3.63, 3.8) is 0 Å². The van der Waals surface area contributed by atoms with Gasteiger partial charge in [0, 0.05) is 25.4 Å². The predicted octanol–water partition coefficient (Wildman–Crippen LogP) is 3.61. The van der Waals surface area contributed by atoms with Crippen molar-refractivity contribution in [3.8, 4) is 0 Å². The molecule has 0 aliphatic carbocycles. The third-order valence-electron chi connectivity index (χ3n) is 4.55. The molecule has 3 rings (SSSR count). The molecule has 4 nitrogen and oxygen atoms in total. The number of aliphatic hydroxyl groups excluding tert-OH is 1. The van der Waals surface area contributed by atoms with E-state index in [0.717, 1.165) is 50.5 Å². The first-order valence-corrected chi connectivity index (χ1v) is 8.69. The average molecular weight is 326 g/mol. The van der Waals surface area contributed by atoms with E-state index < -0.39 is 0 Å². The molecule has 1 saturated heterocycles. The second-order valence-electron chi connectivity index (χ2n) is 6.40. The quantitative estimate of drug-likeness (QED) is 0.816. The Kier molecular flexibility index (Phi) is 6.10. The van der Waals surface area contributed by atoms with E-state index in [4.69, 9.17) is 4.42 Å². The molecule has 2 heterocycles. The summed E-state index contributed by atoms with van der Waals surface area (Å²) in [6, 6.07) is 12.4. The van der Waals surface area contributed by atoms with Gasteiger partial charge < -0.3 is 14.8 Å². The van der Waals surface area contributed by atoms with Crippen LogP contribution in [-0.2, 0) is 6.54 Å². The fourth-order valence-corrected chi connectivity index (χ4v) is 3.10. The standard InChI is InChI=1S/C20H26N2O2/c23-16-17-8-11-22(12-9-17)15-18-4-1-5-19(14-18)21-10-2-6-20-7-3-13-24-20/h1-7,13-14,17,21,23H,8-12,15-16H2/b6-2+. The molecule has 0 saturated carbocycles. The number of anilines is 1. The third kappa shape index (κ3) is 4.98. The van der Waals surface area contributed by atoms with Crippen molar-refractivity contribution >= 4 is 11.8 Å². The lowest BCUT2D eigenvalue weighted by molar-refractivity contribution is 0.127. The molecular weight excluding hydrogens is 300 g/mol. The van der Waals surface area contributed by atoms with E-state index in [1.165, 1.54) is 5.56 Å². The number of nitrogens with one attached hydrogen (secondary N) is 1. The van der Waals surface area contributed by atoms with Gasteiger partial charge in [-0.3, -0.25) is 4.90 Å². The Morgan fingerprint density at radius 3 is 2.83 bits per heavy atom. The van der Waals surface area contributed by atoms with Gasteiger partial charge in [0.05, 0.1) is 6.26 Å². The Morgan fingerprint density at radius 2 is 2.08 bits per heavy atom. The molecule has 1 aliphatic heterocycles. The molecule has 0 radical (unpaired) electrons. The van der Waals surface area contributed by atoms with E-state index in [1.807, 2.05) is 18.2 Å². The lowest BCUT2D eigenvalue weighted by atomic mass is 9.97. The normalized spacial score (nSPS) is 16.7. The molecule has 24 heavy (non-hydrogen) atoms. The van der Waals surface area contributed by atoms with Gasteiger partial charge in [-0.05, 0) is 67.8 Å². The maximum atomic E-state index is 9.23. The van der Waals surface area contributed by atoms with E-state index in [-0.39, 0.29) is 0 Å². The lowest BCUT2D eigenvalue weighted by Crippen LogP contribution is -2.34. The van der Waals surface area contributed by atoms with Crippen LogP contribution >= 0.6 is 0 Å². The monoisotopic (exact) mass is 326 g/mol. The van der Waals surface area contributed by atoms with E-state index in [0.29, 0.717) is 12.5 Å². The number of hydrogen-bond donors (Lipinski definition) is 2. The highest BCUT2D eigenvalue weighted by Gasteiger charge is 2.18. The van der Waals surface area contributed by atoms with Crippen LogP contribution in [0, 0.1) is 5.92 Å². The zero-order valence-electron chi connectivity index (χ0n) is 14.0. The largest absolute Gasteiger partial charge is 0.465 e. The summed E-state index contributed by atoms with van der Waals surface area (Å²) >= 11 is 0. The lowest BCUT2D eigenvalue weighted by Gasteiger charge is -2.31. The molecule has 2 aromatic rings. The van der Waals surface area contributed by atoms with Gasteiger partial charge in [0.15, 0.2) is 0 Å². The molecule has 0 bridgehead atoms. The molecule has 1 fully saturated rings. The SMILES string of the molecule is OCC1CCN(Cc2cccc(NC/C=C/c3ccco3)c2)CC1. The Labute approximate surface area is 143 Å². The number of hydrogen-bond acceptors (Lipinski definition) is 4. The molecule has 1 aliphatic rings. The van der Waals surface area contributed by atoms with Crippen LogP contribution in [0.2, 0.25) is 0 Å². The highest BCUT2D eigenvalue weighted by atomic mass is 16.3. The van der Waals surface area contributed by atoms with Gasteiger partial charge in [0.1, 0.15) is 5.76 Å². The van der Waals surface area contributed by atoms with E-state index >= 15 is 0 Å². The summed E-state index contributed by atoms with van der Waals surface area (Å²) in [5, 5.41) is 12.6. The first-order chi connectivity index (χ1) is 11.8. The van der Waals surface area contributed by atoms with Crippen molar-refractivity contribution in [3.05, 3.63) is 60.1 Å². The maximum Gasteiger partial charge on any atom is 0.126 e. The summed E-state index contributed by atoms with van der Waals surface area (Å²) in [5.74, 6) is 1.37. The number of aliphatic hydroxyl groups is 1. The first-order valence-electron chi connectivity index (χ1n) is 8.69. The van der Waals surface area contributed by atoms with E-state index in [2.05, 4.69) is 40.6 Å². The van der Waals surface area contributed by atoms with Crippen LogP contribution in [-0.4, -0.2) is 36.2 Å². The highest BCUT2D eigenvalue weighted by Crippen LogP contribution is 2.19. The molecule has 1 aromatic heterocycles. The summed E-state index contributed by atoms with van der Waals surface area (Å²) in [5.41, 5.74) is 2.47. The van der Waals surface area contributed by atoms with Gasteiger partial charge in [-0.1, -0.05) is 18.2 Å². The van der Waals surface area contributed by atoms with E-state index in [1.54, 1.807) is 6.26 Å². The molecule has 2 N–H and O–H groups in total. The summed E-state index contributed by atoms with van der Waals surface area (Å²) in [4.78, 5) is 2.47. The minimum atomic E-state index is 0.332. The summed E-state index contributed by atoms with van der Waals surface area (Å²) in [6.45, 7) is 4.24. The number of nitrogens with zero attached hydrogens (tertiary/aromatic N) is 1. The Balaban J connectivity index is 1.47. The average Bonchev–Trinajstić information content (AvgIpc) is 3.13. The minimum absolute atomic E-state index is 0.332. The predicted molar refractivity (Wildman–Crippen MR) is 97.8 cm³/mol. The van der Waals surface area contributed by atoms with Gasteiger partial charge in [-0.25, -0.2) is 0 Å². The number of benzene rings is 1. The van der Waals surface area contributed by atoms with Crippen molar-refractivity contribution in [2.24, 2.45) is 5.92 Å². The van der Waals surface area contributed by atoms with Crippen LogP contribution < -0.4 is 5.32 Å². The van der Waals surface area contributed by atoms with Gasteiger partial charge in [-0.2, -0.15) is 0 Å². The molecule has 0 amide bonds. The molecule has 4 heteroatoms. The minimum Gasteiger partial charge on any atom is -0.465 e. The van der Waals surface area contributed by atoms with Gasteiger partial charge in [-0.15, -0.1) is 0 Å². The molecule has 0 unspecified atom stereocenters. The fourth-order valence-electron chi connectivity index (χ4n) is 3.10. The Bertz CT molecular complexity index is 629. The van der Waals surface area contributed by atoms with Crippen molar-refractivity contribution in [1.82, 2.24) is 4.90 Å². The van der Waals surface area contributed by atoms with Crippen LogP contribution in [0.1, 0.15) is 24.2 Å². The number of piperidine rings is 1. The number of likely N-dealkylation sites (tertiary alicyclic amines) is 1. The highest BCUT2D eigenvalue weighted by molar-refractivity contribution is 5.48. The van der Waals surface area contributed by atoms with Crippen molar-refractivity contribution in [2.45, 2.75) is 19.4 Å². The van der Waals surface area contributed by atoms with Crippen molar-refractivity contribution < 1.29 is 9.52 Å². The number of furan rings is 1. The van der Waals surface area contributed by atoms with Crippen molar-refractivity contribution in [2.75, 3.05) is 31.6 Å². The Hall–Kier alpha value is -2.04. The molecule has 128 valence electrons. The van der Waals surface area contributed by atoms with Crippen molar-refractivity contribution in [1.29, 1.82) is 0 Å². The third-order valence-corrected chi connectivity index (χ3v) is 4.55. The summed E-state index contributed by atoms with van der Waals surface area (Å²) in [7, 11) is 0. The maximum absolute atomic E-state index is 9.23. The smallest absolute Gasteiger partial charge is 0.126 e. The van der Waals surface area contributed by atoms with E-state index in [9.17, 15) is 5.11 Å². The second-order valence-corrected chi connectivity index (χ2v) is 6.40. The zero-order valence-corrected chi connectivity index (χ0v) is 14.0. The Morgan fingerprint density at radius 1 is 1.21 bits per heavy atom. The molecule has 1 aromatic carbocycles. The second kappa shape index (κ2) is 8.71. The van der Waals surface area contributed by atoms with Crippen LogP contribution in [0.25, 0.3) is 6.08 Å². The summed E-state index contributed by atoms with van der Waals surface area (Å²) in [6.07, 6.45) is 7.92. The molecular formula is C20H26N2O2. The summed E-state index contributed by atoms with van der Waals surface area (Å²) < 4.78 is 5.27. The van der Waals surface area contributed by atoms with Gasteiger partial charge >= 0.3 is 0 Å². The molecule has 0 atom stereocenters. The van der Waals surface area contributed by atoms with Gasteiger partial charge in [0.2, 0.25) is 0 Å².